The van der Waals surface area contributed by atoms with Crippen molar-refractivity contribution in [3.05, 3.63) is 30.0 Å². The molecule has 6 heteroatoms. The summed E-state index contributed by atoms with van der Waals surface area (Å²) in [6, 6.07) is 3.44. The van der Waals surface area contributed by atoms with Crippen LogP contribution >= 0.6 is 0 Å². The largest absolute Gasteiger partial charge is 0.444 e. The summed E-state index contributed by atoms with van der Waals surface area (Å²) in [5.74, 6) is 0.432. The second-order valence-corrected chi connectivity index (χ2v) is 6.15. The Morgan fingerprint density at radius 1 is 1.48 bits per heavy atom. The quantitative estimate of drug-likeness (QED) is 0.819. The molecular weight excluding hydrogens is 268 g/mol. The summed E-state index contributed by atoms with van der Waals surface area (Å²) in [6.07, 6.45) is 3.19. The number of rotatable bonds is 1. The van der Waals surface area contributed by atoms with Crippen LogP contribution in [0.2, 0.25) is 0 Å². The first kappa shape index (κ1) is 15.3. The van der Waals surface area contributed by atoms with Gasteiger partial charge in [-0.2, -0.15) is 0 Å². The van der Waals surface area contributed by atoms with Gasteiger partial charge in [-0.15, -0.1) is 0 Å². The summed E-state index contributed by atoms with van der Waals surface area (Å²) in [5.41, 5.74) is 13.1. The summed E-state index contributed by atoms with van der Waals surface area (Å²) in [6.45, 7) is 6.36. The van der Waals surface area contributed by atoms with Gasteiger partial charge in [0.1, 0.15) is 11.4 Å². The van der Waals surface area contributed by atoms with Crippen LogP contribution in [-0.4, -0.2) is 40.7 Å². The molecule has 1 aliphatic rings. The molecule has 2 heterocycles. The monoisotopic (exact) mass is 290 g/mol. The maximum absolute atomic E-state index is 12.2. The molecule has 114 valence electrons. The van der Waals surface area contributed by atoms with Crippen molar-refractivity contribution in [1.82, 2.24) is 9.88 Å². The average molecular weight is 290 g/mol. The van der Waals surface area contributed by atoms with Crippen molar-refractivity contribution in [3.63, 3.8) is 0 Å². The van der Waals surface area contributed by atoms with Crippen molar-refractivity contribution >= 4 is 17.5 Å². The van der Waals surface area contributed by atoms with E-state index in [-0.39, 0.29) is 12.1 Å². The number of nitrogen functional groups attached to an aromatic ring is 1. The lowest BCUT2D eigenvalue weighted by Gasteiger charge is -2.32. The number of amides is 1. The lowest BCUT2D eigenvalue weighted by Crippen LogP contribution is -2.46. The van der Waals surface area contributed by atoms with Gasteiger partial charge in [0.25, 0.3) is 0 Å². The van der Waals surface area contributed by atoms with E-state index in [2.05, 4.69) is 4.98 Å². The van der Waals surface area contributed by atoms with Gasteiger partial charge in [0.15, 0.2) is 0 Å². The molecule has 0 spiro atoms. The van der Waals surface area contributed by atoms with Gasteiger partial charge >= 0.3 is 6.09 Å². The van der Waals surface area contributed by atoms with Crippen LogP contribution in [0.4, 0.5) is 10.6 Å². The van der Waals surface area contributed by atoms with Gasteiger partial charge in [-0.25, -0.2) is 9.78 Å². The number of hydrogen-bond donors (Lipinski definition) is 2. The highest BCUT2D eigenvalue weighted by Gasteiger charge is 2.27. The molecule has 1 unspecified atom stereocenters. The van der Waals surface area contributed by atoms with Crippen molar-refractivity contribution < 1.29 is 9.53 Å². The molecule has 0 radical (unpaired) electrons. The number of carbonyl (C=O) groups excluding carboxylic acids is 1. The maximum Gasteiger partial charge on any atom is 0.410 e. The Bertz CT molecular complexity index is 563. The molecule has 0 bridgehead atoms. The molecule has 0 saturated carbocycles. The van der Waals surface area contributed by atoms with Gasteiger partial charge in [-0.3, -0.25) is 0 Å². The first-order valence-electron chi connectivity index (χ1n) is 6.91. The Morgan fingerprint density at radius 3 is 2.81 bits per heavy atom. The minimum atomic E-state index is -0.532. The number of nitrogens with two attached hydrogens (primary N) is 2. The Balaban J connectivity index is 2.19. The fourth-order valence-electron chi connectivity index (χ4n) is 2.22. The van der Waals surface area contributed by atoms with Crippen LogP contribution in [-0.2, 0) is 4.74 Å². The van der Waals surface area contributed by atoms with Crippen LogP contribution < -0.4 is 11.5 Å². The summed E-state index contributed by atoms with van der Waals surface area (Å²) >= 11 is 0. The molecular formula is C15H22N4O2. The van der Waals surface area contributed by atoms with Gasteiger partial charge in [-0.1, -0.05) is 6.08 Å². The fraction of sp³-hybridized carbons (Fsp3) is 0.467. The molecule has 0 fully saturated rings. The van der Waals surface area contributed by atoms with E-state index in [0.717, 1.165) is 11.1 Å². The molecule has 1 aliphatic heterocycles. The summed E-state index contributed by atoms with van der Waals surface area (Å²) in [7, 11) is 0. The number of pyridine rings is 1. The molecule has 4 N–H and O–H groups in total. The third-order valence-electron chi connectivity index (χ3n) is 3.04. The zero-order valence-corrected chi connectivity index (χ0v) is 12.7. The van der Waals surface area contributed by atoms with E-state index in [4.69, 9.17) is 16.2 Å². The number of nitrogens with zero attached hydrogens (tertiary/aromatic N) is 2. The van der Waals surface area contributed by atoms with Crippen LogP contribution in [0.1, 0.15) is 26.3 Å². The number of ether oxygens (including phenoxy) is 1. The van der Waals surface area contributed by atoms with E-state index >= 15 is 0 Å². The number of aromatic nitrogens is 1. The molecule has 1 aromatic heterocycles. The van der Waals surface area contributed by atoms with Crippen molar-refractivity contribution in [2.45, 2.75) is 32.4 Å². The second-order valence-electron chi connectivity index (χ2n) is 6.15. The summed E-state index contributed by atoms with van der Waals surface area (Å²) < 4.78 is 5.40. The van der Waals surface area contributed by atoms with Crippen molar-refractivity contribution in [1.29, 1.82) is 0 Å². The Hall–Kier alpha value is -2.08. The van der Waals surface area contributed by atoms with E-state index in [1.165, 1.54) is 0 Å². The van der Waals surface area contributed by atoms with E-state index in [1.54, 1.807) is 11.1 Å². The zero-order chi connectivity index (χ0) is 15.6. The minimum Gasteiger partial charge on any atom is -0.444 e. The minimum absolute atomic E-state index is 0.249. The second kappa shape index (κ2) is 5.73. The number of carbonyl (C=O) groups is 1. The van der Waals surface area contributed by atoms with Crippen LogP contribution in [0.5, 0.6) is 0 Å². The predicted octanol–water partition coefficient (Wildman–Crippen LogP) is 1.63. The van der Waals surface area contributed by atoms with Gasteiger partial charge in [-0.05, 0) is 38.5 Å². The molecule has 21 heavy (non-hydrogen) atoms. The number of anilines is 1. The smallest absolute Gasteiger partial charge is 0.410 e. The molecule has 6 nitrogen and oxygen atoms in total. The molecule has 0 aromatic carbocycles. The van der Waals surface area contributed by atoms with Gasteiger partial charge < -0.3 is 21.1 Å². The Kier molecular flexibility index (Phi) is 4.18. The third kappa shape index (κ3) is 3.95. The average Bonchev–Trinajstić information content (AvgIpc) is 2.36. The lowest BCUT2D eigenvalue weighted by molar-refractivity contribution is 0.0265. The number of hydrogen-bond acceptors (Lipinski definition) is 5. The van der Waals surface area contributed by atoms with E-state index in [9.17, 15) is 4.79 Å². The maximum atomic E-state index is 12.2. The van der Waals surface area contributed by atoms with Gasteiger partial charge in [0.05, 0.1) is 0 Å². The summed E-state index contributed by atoms with van der Waals surface area (Å²) in [4.78, 5) is 17.9. The molecule has 1 atom stereocenters. The van der Waals surface area contributed by atoms with Crippen molar-refractivity contribution in [2.75, 3.05) is 18.8 Å². The Labute approximate surface area is 124 Å². The highest BCUT2D eigenvalue weighted by atomic mass is 16.6. The van der Waals surface area contributed by atoms with Gasteiger partial charge in [0, 0.05) is 30.9 Å². The topological polar surface area (TPSA) is 94.5 Å². The first-order valence-corrected chi connectivity index (χ1v) is 6.91. The zero-order valence-electron chi connectivity index (χ0n) is 12.7. The fourth-order valence-corrected chi connectivity index (χ4v) is 2.22. The summed E-state index contributed by atoms with van der Waals surface area (Å²) in [5, 5.41) is 0. The van der Waals surface area contributed by atoms with E-state index in [1.807, 2.05) is 39.0 Å². The third-order valence-corrected chi connectivity index (χ3v) is 3.04. The molecule has 1 aromatic rings. The van der Waals surface area contributed by atoms with Crippen LogP contribution in [0.15, 0.2) is 24.4 Å². The van der Waals surface area contributed by atoms with Gasteiger partial charge in [0.2, 0.25) is 0 Å². The molecule has 2 rings (SSSR count). The SMILES string of the molecule is CC(C)(C)OC(=O)N1CC(c2cccnc2N)=CC(N)C1. The van der Waals surface area contributed by atoms with Crippen LogP contribution in [0, 0.1) is 0 Å². The molecule has 1 amide bonds. The van der Waals surface area contributed by atoms with Crippen LogP contribution in [0.3, 0.4) is 0 Å². The normalized spacial score (nSPS) is 19.1. The van der Waals surface area contributed by atoms with Crippen molar-refractivity contribution in [3.8, 4) is 0 Å². The lowest BCUT2D eigenvalue weighted by atomic mass is 10.00. The van der Waals surface area contributed by atoms with E-state index in [0.29, 0.717) is 18.9 Å². The Morgan fingerprint density at radius 2 is 2.19 bits per heavy atom. The van der Waals surface area contributed by atoms with Crippen LogP contribution in [0.25, 0.3) is 5.57 Å². The molecule has 0 saturated heterocycles. The highest BCUT2D eigenvalue weighted by molar-refractivity contribution is 5.79. The highest BCUT2D eigenvalue weighted by Crippen LogP contribution is 2.24. The molecule has 0 aliphatic carbocycles. The standard InChI is InChI=1S/C15H22N4O2/c1-15(2,3)21-14(20)19-8-10(7-11(16)9-19)12-5-4-6-18-13(12)17/h4-7,11H,8-9,16H2,1-3H3,(H2,17,18). The predicted molar refractivity (Wildman–Crippen MR) is 82.4 cm³/mol. The van der Waals surface area contributed by atoms with Crippen molar-refractivity contribution in [2.24, 2.45) is 5.73 Å². The van der Waals surface area contributed by atoms with E-state index < -0.39 is 5.60 Å². The first-order chi connectivity index (χ1) is 9.76.